The maximum absolute atomic E-state index is 11.0. The van der Waals surface area contributed by atoms with Crippen molar-refractivity contribution in [3.05, 3.63) is 0 Å². The van der Waals surface area contributed by atoms with Gasteiger partial charge < -0.3 is 10.0 Å². The summed E-state index contributed by atoms with van der Waals surface area (Å²) in [4.78, 5) is 13.1. The van der Waals surface area contributed by atoms with Crippen molar-refractivity contribution in [3.63, 3.8) is 0 Å². The third-order valence-corrected chi connectivity index (χ3v) is 4.33. The number of aliphatic carboxylic acids is 1. The topological polar surface area (TPSA) is 40.5 Å². The Hall–Kier alpha value is -0.570. The molecule has 0 aromatic rings. The van der Waals surface area contributed by atoms with E-state index in [0.29, 0.717) is 0 Å². The van der Waals surface area contributed by atoms with Crippen LogP contribution in [-0.2, 0) is 4.79 Å². The van der Waals surface area contributed by atoms with Crippen molar-refractivity contribution in [1.82, 2.24) is 4.90 Å². The lowest BCUT2D eigenvalue weighted by atomic mass is 9.71. The van der Waals surface area contributed by atoms with Gasteiger partial charge in [-0.3, -0.25) is 4.79 Å². The summed E-state index contributed by atoms with van der Waals surface area (Å²) in [6.45, 7) is 4.54. The van der Waals surface area contributed by atoms with Gasteiger partial charge in [-0.1, -0.05) is 13.8 Å². The fraction of sp³-hybridized carbons (Fsp3) is 0.923. The van der Waals surface area contributed by atoms with Gasteiger partial charge in [-0.15, -0.1) is 0 Å². The van der Waals surface area contributed by atoms with Gasteiger partial charge in [0.05, 0.1) is 6.42 Å². The molecule has 1 fully saturated rings. The standard InChI is InChI=1S/C13H25NO2/c1-10(2)11-5-7-13(8-6-11,14(3)4)9-12(15)16/h10-11H,5-9H2,1-4H3,(H,15,16). The summed E-state index contributed by atoms with van der Waals surface area (Å²) < 4.78 is 0. The van der Waals surface area contributed by atoms with Gasteiger partial charge in [0, 0.05) is 5.54 Å². The lowest BCUT2D eigenvalue weighted by molar-refractivity contribution is -0.141. The summed E-state index contributed by atoms with van der Waals surface area (Å²) in [7, 11) is 4.03. The Morgan fingerprint density at radius 1 is 1.38 bits per heavy atom. The largest absolute Gasteiger partial charge is 0.481 e. The molecule has 1 N–H and O–H groups in total. The second kappa shape index (κ2) is 5.17. The maximum Gasteiger partial charge on any atom is 0.305 e. The Bertz CT molecular complexity index is 240. The van der Waals surface area contributed by atoms with E-state index in [-0.39, 0.29) is 12.0 Å². The first-order valence-corrected chi connectivity index (χ1v) is 6.26. The highest BCUT2D eigenvalue weighted by atomic mass is 16.4. The number of carboxylic acid groups (broad SMARTS) is 1. The second-order valence-electron chi connectivity index (χ2n) is 5.77. The zero-order valence-electron chi connectivity index (χ0n) is 11.0. The summed E-state index contributed by atoms with van der Waals surface area (Å²) in [5.41, 5.74) is -0.1000. The van der Waals surface area contributed by atoms with Crippen LogP contribution in [0, 0.1) is 11.8 Å². The molecule has 16 heavy (non-hydrogen) atoms. The zero-order valence-corrected chi connectivity index (χ0v) is 11.0. The van der Waals surface area contributed by atoms with Crippen LogP contribution in [0.15, 0.2) is 0 Å². The summed E-state index contributed by atoms with van der Waals surface area (Å²) in [6, 6.07) is 0. The van der Waals surface area contributed by atoms with Crippen molar-refractivity contribution >= 4 is 5.97 Å². The van der Waals surface area contributed by atoms with Crippen LogP contribution < -0.4 is 0 Å². The van der Waals surface area contributed by atoms with Gasteiger partial charge in [0.1, 0.15) is 0 Å². The molecule has 0 aromatic carbocycles. The van der Waals surface area contributed by atoms with E-state index in [2.05, 4.69) is 18.7 Å². The fourth-order valence-electron chi connectivity index (χ4n) is 2.91. The van der Waals surface area contributed by atoms with E-state index >= 15 is 0 Å². The first kappa shape index (κ1) is 13.5. The molecule has 1 aliphatic carbocycles. The molecule has 0 atom stereocenters. The van der Waals surface area contributed by atoms with Gasteiger partial charge in [0.15, 0.2) is 0 Å². The summed E-state index contributed by atoms with van der Waals surface area (Å²) in [6.07, 6.45) is 4.67. The Morgan fingerprint density at radius 2 is 1.88 bits per heavy atom. The Labute approximate surface area is 98.8 Å². The molecule has 3 heteroatoms. The van der Waals surface area contributed by atoms with Crippen molar-refractivity contribution in [2.45, 2.75) is 51.5 Å². The van der Waals surface area contributed by atoms with Crippen LogP contribution in [0.5, 0.6) is 0 Å². The number of nitrogens with zero attached hydrogens (tertiary/aromatic N) is 1. The molecule has 3 nitrogen and oxygen atoms in total. The average molecular weight is 227 g/mol. The van der Waals surface area contributed by atoms with E-state index in [1.165, 1.54) is 12.8 Å². The molecule has 0 aliphatic heterocycles. The lowest BCUT2D eigenvalue weighted by Crippen LogP contribution is -2.48. The van der Waals surface area contributed by atoms with Crippen LogP contribution in [0.1, 0.15) is 46.0 Å². The van der Waals surface area contributed by atoms with Gasteiger partial charge in [-0.25, -0.2) is 0 Å². The highest BCUT2D eigenvalue weighted by Gasteiger charge is 2.39. The lowest BCUT2D eigenvalue weighted by Gasteiger charge is -2.45. The molecule has 0 bridgehead atoms. The van der Waals surface area contributed by atoms with Gasteiger partial charge in [0.25, 0.3) is 0 Å². The van der Waals surface area contributed by atoms with Crippen LogP contribution in [-0.4, -0.2) is 35.6 Å². The zero-order chi connectivity index (χ0) is 12.3. The van der Waals surface area contributed by atoms with Crippen molar-refractivity contribution in [2.75, 3.05) is 14.1 Å². The highest BCUT2D eigenvalue weighted by Crippen LogP contribution is 2.40. The van der Waals surface area contributed by atoms with Crippen molar-refractivity contribution in [1.29, 1.82) is 0 Å². The molecule has 0 amide bonds. The first-order chi connectivity index (χ1) is 7.37. The quantitative estimate of drug-likeness (QED) is 0.802. The van der Waals surface area contributed by atoms with Crippen LogP contribution >= 0.6 is 0 Å². The minimum Gasteiger partial charge on any atom is -0.481 e. The normalized spacial score (nSPS) is 31.0. The van der Waals surface area contributed by atoms with Gasteiger partial charge >= 0.3 is 5.97 Å². The predicted octanol–water partition coefficient (Wildman–Crippen LogP) is 2.61. The number of carboxylic acids is 1. The van der Waals surface area contributed by atoms with E-state index in [1.807, 2.05) is 14.1 Å². The molecule has 0 unspecified atom stereocenters. The number of rotatable bonds is 4. The molecule has 0 heterocycles. The van der Waals surface area contributed by atoms with Gasteiger partial charge in [-0.05, 0) is 51.6 Å². The number of hydrogen-bond donors (Lipinski definition) is 1. The molecule has 0 spiro atoms. The highest BCUT2D eigenvalue weighted by molar-refractivity contribution is 5.68. The van der Waals surface area contributed by atoms with Crippen LogP contribution in [0.4, 0.5) is 0 Å². The van der Waals surface area contributed by atoms with E-state index < -0.39 is 5.97 Å². The molecule has 1 rings (SSSR count). The third kappa shape index (κ3) is 2.97. The van der Waals surface area contributed by atoms with E-state index in [9.17, 15) is 4.79 Å². The van der Waals surface area contributed by atoms with Crippen LogP contribution in [0.2, 0.25) is 0 Å². The second-order valence-corrected chi connectivity index (χ2v) is 5.77. The van der Waals surface area contributed by atoms with E-state index in [1.54, 1.807) is 0 Å². The van der Waals surface area contributed by atoms with Gasteiger partial charge in [-0.2, -0.15) is 0 Å². The molecule has 94 valence electrons. The third-order valence-electron chi connectivity index (χ3n) is 4.33. The molecule has 1 saturated carbocycles. The van der Waals surface area contributed by atoms with Crippen molar-refractivity contribution < 1.29 is 9.90 Å². The van der Waals surface area contributed by atoms with E-state index in [4.69, 9.17) is 5.11 Å². The first-order valence-electron chi connectivity index (χ1n) is 6.26. The Morgan fingerprint density at radius 3 is 2.19 bits per heavy atom. The van der Waals surface area contributed by atoms with Crippen molar-refractivity contribution in [2.24, 2.45) is 11.8 Å². The molecule has 1 aliphatic rings. The SMILES string of the molecule is CC(C)C1CCC(CC(=O)O)(N(C)C)CC1. The summed E-state index contributed by atoms with van der Waals surface area (Å²) in [5, 5.41) is 9.03. The van der Waals surface area contributed by atoms with Crippen molar-refractivity contribution in [3.8, 4) is 0 Å². The van der Waals surface area contributed by atoms with Crippen LogP contribution in [0.3, 0.4) is 0 Å². The van der Waals surface area contributed by atoms with Crippen LogP contribution in [0.25, 0.3) is 0 Å². The fourth-order valence-corrected chi connectivity index (χ4v) is 2.91. The monoisotopic (exact) mass is 227 g/mol. The average Bonchev–Trinajstić information content (AvgIpc) is 2.17. The predicted molar refractivity (Wildman–Crippen MR) is 65.5 cm³/mol. The molecule has 0 saturated heterocycles. The molecular weight excluding hydrogens is 202 g/mol. The number of carbonyl (C=O) groups is 1. The van der Waals surface area contributed by atoms with E-state index in [0.717, 1.165) is 24.7 Å². The molecular formula is C13H25NO2. The molecule has 0 aromatic heterocycles. The smallest absolute Gasteiger partial charge is 0.305 e. The minimum atomic E-state index is -0.670. The minimum absolute atomic E-state index is 0.1000. The maximum atomic E-state index is 11.0. The molecule has 0 radical (unpaired) electrons. The summed E-state index contributed by atoms with van der Waals surface area (Å²) in [5.74, 6) is 0.837. The van der Waals surface area contributed by atoms with Gasteiger partial charge in [0.2, 0.25) is 0 Å². The summed E-state index contributed by atoms with van der Waals surface area (Å²) >= 11 is 0. The Kier molecular flexibility index (Phi) is 4.36. The Balaban J connectivity index is 2.66. The number of hydrogen-bond acceptors (Lipinski definition) is 2.